The van der Waals surface area contributed by atoms with Gasteiger partial charge in [0.2, 0.25) is 0 Å². The molecule has 2 heterocycles. The molecule has 3 rings (SSSR count). The summed E-state index contributed by atoms with van der Waals surface area (Å²) in [5.74, 6) is 0.490. The van der Waals surface area contributed by atoms with Crippen molar-refractivity contribution in [3.8, 4) is 11.1 Å². The summed E-state index contributed by atoms with van der Waals surface area (Å²) in [6, 6.07) is 6.94. The Morgan fingerprint density at radius 1 is 1.25 bits per heavy atom. The van der Waals surface area contributed by atoms with E-state index in [1.807, 2.05) is 23.9 Å². The molecule has 1 aliphatic heterocycles. The van der Waals surface area contributed by atoms with Crippen LogP contribution in [0.5, 0.6) is 0 Å². The maximum Gasteiger partial charge on any atom is 0.131 e. The van der Waals surface area contributed by atoms with Gasteiger partial charge in [-0.15, -0.1) is 0 Å². The quantitative estimate of drug-likeness (QED) is 0.932. The molecule has 2 aromatic rings. The monoisotopic (exact) mass is 273 g/mol. The van der Waals surface area contributed by atoms with E-state index in [0.29, 0.717) is 11.5 Å². The fourth-order valence-corrected chi connectivity index (χ4v) is 2.97. The zero-order chi connectivity index (χ0) is 13.9. The lowest BCUT2D eigenvalue weighted by Gasteiger charge is -2.23. The van der Waals surface area contributed by atoms with Gasteiger partial charge in [-0.05, 0) is 44.3 Å². The lowest BCUT2D eigenvalue weighted by atomic mass is 9.91. The largest absolute Gasteiger partial charge is 0.317 e. The van der Waals surface area contributed by atoms with E-state index in [2.05, 4.69) is 10.4 Å². The average molecular weight is 273 g/mol. The van der Waals surface area contributed by atoms with E-state index >= 15 is 0 Å². The van der Waals surface area contributed by atoms with Crippen molar-refractivity contribution in [1.29, 1.82) is 0 Å². The van der Waals surface area contributed by atoms with Gasteiger partial charge in [-0.2, -0.15) is 5.10 Å². The second-order valence-electron chi connectivity index (χ2n) is 5.51. The first-order valence-electron chi connectivity index (χ1n) is 7.22. The SMILES string of the molecule is Cn1ncc(-c2ccccc2F)c1CC1CCNCC1. The number of benzene rings is 1. The van der Waals surface area contributed by atoms with Crippen LogP contribution in [0.3, 0.4) is 0 Å². The van der Waals surface area contributed by atoms with Crippen molar-refractivity contribution in [2.24, 2.45) is 13.0 Å². The Bertz CT molecular complexity index is 585. The molecule has 1 aromatic carbocycles. The Hall–Kier alpha value is -1.68. The molecule has 0 saturated carbocycles. The lowest BCUT2D eigenvalue weighted by Crippen LogP contribution is -2.29. The summed E-state index contributed by atoms with van der Waals surface area (Å²) >= 11 is 0. The van der Waals surface area contributed by atoms with E-state index in [1.54, 1.807) is 12.3 Å². The van der Waals surface area contributed by atoms with E-state index < -0.39 is 0 Å². The summed E-state index contributed by atoms with van der Waals surface area (Å²) in [5, 5.41) is 7.72. The van der Waals surface area contributed by atoms with Crippen LogP contribution in [0.4, 0.5) is 4.39 Å². The second kappa shape index (κ2) is 5.75. The third-order valence-corrected chi connectivity index (χ3v) is 4.17. The summed E-state index contributed by atoms with van der Waals surface area (Å²) in [6.07, 6.45) is 5.13. The van der Waals surface area contributed by atoms with Crippen LogP contribution in [0.2, 0.25) is 0 Å². The first-order valence-corrected chi connectivity index (χ1v) is 7.22. The van der Waals surface area contributed by atoms with Gasteiger partial charge in [-0.3, -0.25) is 4.68 Å². The van der Waals surface area contributed by atoms with Crippen LogP contribution < -0.4 is 5.32 Å². The molecule has 106 valence electrons. The fourth-order valence-electron chi connectivity index (χ4n) is 2.97. The molecule has 1 N–H and O–H groups in total. The summed E-state index contributed by atoms with van der Waals surface area (Å²) in [5.41, 5.74) is 2.73. The van der Waals surface area contributed by atoms with Crippen molar-refractivity contribution in [2.45, 2.75) is 19.3 Å². The van der Waals surface area contributed by atoms with Gasteiger partial charge in [-0.25, -0.2) is 4.39 Å². The van der Waals surface area contributed by atoms with Gasteiger partial charge in [0.1, 0.15) is 5.82 Å². The van der Waals surface area contributed by atoms with E-state index in [9.17, 15) is 4.39 Å². The van der Waals surface area contributed by atoms with Crippen molar-refractivity contribution in [3.05, 3.63) is 42.0 Å². The molecule has 20 heavy (non-hydrogen) atoms. The first-order chi connectivity index (χ1) is 9.75. The highest BCUT2D eigenvalue weighted by Crippen LogP contribution is 2.29. The van der Waals surface area contributed by atoms with Crippen LogP contribution in [0.25, 0.3) is 11.1 Å². The molecule has 1 saturated heterocycles. The Morgan fingerprint density at radius 2 is 2.00 bits per heavy atom. The number of hydrogen-bond donors (Lipinski definition) is 1. The van der Waals surface area contributed by atoms with Gasteiger partial charge < -0.3 is 5.32 Å². The van der Waals surface area contributed by atoms with Gasteiger partial charge in [0.05, 0.1) is 6.20 Å². The van der Waals surface area contributed by atoms with E-state index in [1.165, 1.54) is 18.9 Å². The third kappa shape index (κ3) is 2.61. The summed E-state index contributed by atoms with van der Waals surface area (Å²) < 4.78 is 15.9. The maximum absolute atomic E-state index is 14.0. The first kappa shape index (κ1) is 13.3. The fraction of sp³-hybridized carbons (Fsp3) is 0.438. The number of hydrogen-bond acceptors (Lipinski definition) is 2. The Labute approximate surface area is 118 Å². The maximum atomic E-state index is 14.0. The molecule has 1 fully saturated rings. The van der Waals surface area contributed by atoms with Crippen molar-refractivity contribution < 1.29 is 4.39 Å². The van der Waals surface area contributed by atoms with Gasteiger partial charge in [0.25, 0.3) is 0 Å². The summed E-state index contributed by atoms with van der Waals surface area (Å²) in [4.78, 5) is 0. The zero-order valence-electron chi connectivity index (χ0n) is 11.8. The van der Waals surface area contributed by atoms with Crippen LogP contribution in [0, 0.1) is 11.7 Å². The highest BCUT2D eigenvalue weighted by atomic mass is 19.1. The van der Waals surface area contributed by atoms with Gasteiger partial charge in [0, 0.05) is 23.9 Å². The molecule has 1 aliphatic rings. The molecule has 0 unspecified atom stereocenters. The Kier molecular flexibility index (Phi) is 3.83. The minimum Gasteiger partial charge on any atom is -0.317 e. The number of aromatic nitrogens is 2. The molecule has 0 spiro atoms. The lowest BCUT2D eigenvalue weighted by molar-refractivity contribution is 0.366. The van der Waals surface area contributed by atoms with Crippen molar-refractivity contribution in [1.82, 2.24) is 15.1 Å². The van der Waals surface area contributed by atoms with Crippen LogP contribution in [-0.2, 0) is 13.5 Å². The topological polar surface area (TPSA) is 29.9 Å². The average Bonchev–Trinajstić information content (AvgIpc) is 2.82. The molecule has 4 heteroatoms. The van der Waals surface area contributed by atoms with Gasteiger partial charge in [-0.1, -0.05) is 18.2 Å². The van der Waals surface area contributed by atoms with Crippen molar-refractivity contribution >= 4 is 0 Å². The Morgan fingerprint density at radius 3 is 2.75 bits per heavy atom. The van der Waals surface area contributed by atoms with Crippen LogP contribution in [0.15, 0.2) is 30.5 Å². The number of nitrogens with one attached hydrogen (secondary N) is 1. The van der Waals surface area contributed by atoms with E-state index in [0.717, 1.165) is 30.8 Å². The highest BCUT2D eigenvalue weighted by Gasteiger charge is 2.19. The number of aryl methyl sites for hydroxylation is 1. The zero-order valence-corrected chi connectivity index (χ0v) is 11.8. The molecule has 0 aliphatic carbocycles. The molecule has 0 radical (unpaired) electrons. The van der Waals surface area contributed by atoms with E-state index in [-0.39, 0.29) is 5.82 Å². The number of nitrogens with zero attached hydrogens (tertiary/aromatic N) is 2. The summed E-state index contributed by atoms with van der Waals surface area (Å²) in [6.45, 7) is 2.16. The molecular weight excluding hydrogens is 253 g/mol. The normalized spacial score (nSPS) is 16.5. The molecule has 0 atom stereocenters. The third-order valence-electron chi connectivity index (χ3n) is 4.17. The number of piperidine rings is 1. The predicted octanol–water partition coefficient (Wildman–Crippen LogP) is 2.77. The molecule has 0 amide bonds. The standard InChI is InChI=1S/C16H20FN3/c1-20-16(10-12-6-8-18-9-7-12)14(11-19-20)13-4-2-3-5-15(13)17/h2-5,11-12,18H,6-10H2,1H3. The van der Waals surface area contributed by atoms with E-state index in [4.69, 9.17) is 0 Å². The molecule has 3 nitrogen and oxygen atoms in total. The smallest absolute Gasteiger partial charge is 0.131 e. The molecular formula is C16H20FN3. The highest BCUT2D eigenvalue weighted by molar-refractivity contribution is 5.66. The van der Waals surface area contributed by atoms with Gasteiger partial charge in [0.15, 0.2) is 0 Å². The van der Waals surface area contributed by atoms with Crippen LogP contribution >= 0.6 is 0 Å². The number of rotatable bonds is 3. The minimum atomic E-state index is -0.174. The van der Waals surface area contributed by atoms with Crippen LogP contribution in [0.1, 0.15) is 18.5 Å². The molecule has 1 aromatic heterocycles. The van der Waals surface area contributed by atoms with Crippen molar-refractivity contribution in [3.63, 3.8) is 0 Å². The minimum absolute atomic E-state index is 0.174. The predicted molar refractivity (Wildman–Crippen MR) is 77.9 cm³/mol. The Balaban J connectivity index is 1.91. The second-order valence-corrected chi connectivity index (χ2v) is 5.51. The van der Waals surface area contributed by atoms with Gasteiger partial charge >= 0.3 is 0 Å². The molecule has 0 bridgehead atoms. The van der Waals surface area contributed by atoms with Crippen LogP contribution in [-0.4, -0.2) is 22.9 Å². The number of halogens is 1. The van der Waals surface area contributed by atoms with Crippen molar-refractivity contribution in [2.75, 3.05) is 13.1 Å². The summed E-state index contributed by atoms with van der Waals surface area (Å²) in [7, 11) is 1.95.